The predicted octanol–water partition coefficient (Wildman–Crippen LogP) is 2.81. The van der Waals surface area contributed by atoms with Gasteiger partial charge in [-0.25, -0.2) is 4.98 Å². The fraction of sp³-hybridized carbons (Fsp3) is 0.421. The summed E-state index contributed by atoms with van der Waals surface area (Å²) < 4.78 is 11.0. The molecule has 1 atom stereocenters. The third-order valence-electron chi connectivity index (χ3n) is 4.79. The quantitative estimate of drug-likeness (QED) is 0.816. The second-order valence-corrected chi connectivity index (χ2v) is 7.41. The number of primary amides is 1. The van der Waals surface area contributed by atoms with Crippen LogP contribution in [0.25, 0.3) is 0 Å². The number of hydrogen-bond donors (Lipinski definition) is 1. The van der Waals surface area contributed by atoms with Crippen molar-refractivity contribution in [3.05, 3.63) is 47.1 Å². The highest BCUT2D eigenvalue weighted by molar-refractivity contribution is 6.30. The molecule has 144 valence electrons. The van der Waals surface area contributed by atoms with E-state index in [4.69, 9.17) is 26.5 Å². The van der Waals surface area contributed by atoms with Crippen LogP contribution in [0.3, 0.4) is 0 Å². The maximum atomic E-state index is 12.8. The summed E-state index contributed by atoms with van der Waals surface area (Å²) in [7, 11) is 0. The van der Waals surface area contributed by atoms with E-state index in [2.05, 4.69) is 4.98 Å². The first-order chi connectivity index (χ1) is 12.9. The van der Waals surface area contributed by atoms with Gasteiger partial charge in [-0.05, 0) is 38.0 Å². The Hall–Kier alpha value is -2.54. The fourth-order valence-electron chi connectivity index (χ4n) is 3.52. The number of rotatable bonds is 6. The molecule has 8 heteroatoms. The van der Waals surface area contributed by atoms with Gasteiger partial charge in [-0.2, -0.15) is 0 Å². The lowest BCUT2D eigenvalue weighted by Crippen LogP contribution is -2.50. The molecule has 1 saturated heterocycles. The lowest BCUT2D eigenvalue weighted by molar-refractivity contribution is -0.122. The van der Waals surface area contributed by atoms with E-state index in [-0.39, 0.29) is 18.9 Å². The number of hydrogen-bond acceptors (Lipinski definition) is 5. The molecule has 2 heterocycles. The smallest absolute Gasteiger partial charge is 0.276 e. The van der Waals surface area contributed by atoms with Gasteiger partial charge in [0.15, 0.2) is 12.1 Å². The molecule has 2 N–H and O–H groups in total. The van der Waals surface area contributed by atoms with Crippen molar-refractivity contribution in [2.75, 3.05) is 19.7 Å². The van der Waals surface area contributed by atoms with Crippen molar-refractivity contribution >= 4 is 23.4 Å². The van der Waals surface area contributed by atoms with E-state index in [1.54, 1.807) is 36.1 Å². The van der Waals surface area contributed by atoms with Gasteiger partial charge in [-0.3, -0.25) is 9.59 Å². The minimum Gasteiger partial charge on any atom is -0.493 e. The Kier molecular flexibility index (Phi) is 5.70. The fourth-order valence-corrected chi connectivity index (χ4v) is 3.70. The Morgan fingerprint density at radius 2 is 2.26 bits per heavy atom. The summed E-state index contributed by atoms with van der Waals surface area (Å²) in [6, 6.07) is 7.07. The van der Waals surface area contributed by atoms with Crippen LogP contribution in [-0.2, 0) is 4.79 Å². The second kappa shape index (κ2) is 8.00. The monoisotopic (exact) mass is 391 g/mol. The first kappa shape index (κ1) is 19.2. The number of ether oxygens (including phenoxy) is 1. The van der Waals surface area contributed by atoms with Crippen LogP contribution < -0.4 is 10.5 Å². The number of carbonyl (C=O) groups excluding carboxylic acids is 2. The van der Waals surface area contributed by atoms with E-state index < -0.39 is 11.3 Å². The number of aromatic nitrogens is 1. The molecule has 0 bridgehead atoms. The number of oxazole rings is 1. The van der Waals surface area contributed by atoms with Crippen molar-refractivity contribution in [3.8, 4) is 5.75 Å². The largest absolute Gasteiger partial charge is 0.493 e. The van der Waals surface area contributed by atoms with Crippen molar-refractivity contribution in [3.63, 3.8) is 0 Å². The summed E-state index contributed by atoms with van der Waals surface area (Å²) in [4.78, 5) is 30.2. The summed E-state index contributed by atoms with van der Waals surface area (Å²) >= 11 is 6.00. The van der Waals surface area contributed by atoms with Gasteiger partial charge in [0.05, 0.1) is 6.61 Å². The number of halogens is 1. The van der Waals surface area contributed by atoms with Gasteiger partial charge < -0.3 is 19.8 Å². The molecule has 2 amide bonds. The normalized spacial score (nSPS) is 19.7. The zero-order valence-electron chi connectivity index (χ0n) is 15.1. The molecule has 2 aromatic rings. The van der Waals surface area contributed by atoms with E-state index >= 15 is 0 Å². The Labute approximate surface area is 162 Å². The Balaban J connectivity index is 1.77. The third-order valence-corrected chi connectivity index (χ3v) is 5.02. The Bertz CT molecular complexity index is 838. The lowest BCUT2D eigenvalue weighted by Gasteiger charge is -2.41. The molecule has 1 aromatic carbocycles. The summed E-state index contributed by atoms with van der Waals surface area (Å²) in [6.07, 6.45) is 2.87. The number of likely N-dealkylation sites (tertiary alicyclic amines) is 1. The molecule has 1 aliphatic heterocycles. The topological polar surface area (TPSA) is 98.7 Å². The number of amides is 2. The van der Waals surface area contributed by atoms with E-state index in [9.17, 15) is 9.59 Å². The van der Waals surface area contributed by atoms with E-state index in [1.807, 2.05) is 0 Å². The second-order valence-electron chi connectivity index (χ2n) is 6.98. The highest BCUT2D eigenvalue weighted by atomic mass is 35.5. The number of benzene rings is 1. The van der Waals surface area contributed by atoms with Crippen LogP contribution in [0, 0.1) is 12.3 Å². The molecular formula is C19H22ClN3O4. The highest BCUT2D eigenvalue weighted by Gasteiger charge is 2.40. The van der Waals surface area contributed by atoms with Crippen LogP contribution in [0.4, 0.5) is 0 Å². The van der Waals surface area contributed by atoms with Crippen LogP contribution in [0.2, 0.25) is 5.02 Å². The molecule has 7 nitrogen and oxygen atoms in total. The summed E-state index contributed by atoms with van der Waals surface area (Å²) in [5, 5.41) is 0.568. The van der Waals surface area contributed by atoms with Gasteiger partial charge in [-0.15, -0.1) is 0 Å². The summed E-state index contributed by atoms with van der Waals surface area (Å²) in [5.74, 6) is 0.456. The molecule has 0 saturated carbocycles. The first-order valence-electron chi connectivity index (χ1n) is 8.75. The standard InChI is InChI=1S/C19H22ClN3O4/c1-13-17(22-12-27-13)18(25)23-7-3-6-19(10-23,9-16(21)24)11-26-15-5-2-4-14(20)8-15/h2,4-5,8,12H,3,6-7,9-11H2,1H3,(H2,21,24)/t19-/m0/s1. The van der Waals surface area contributed by atoms with E-state index in [0.717, 1.165) is 12.8 Å². The molecule has 1 fully saturated rings. The number of nitrogens with zero attached hydrogens (tertiary/aromatic N) is 2. The average molecular weight is 392 g/mol. The predicted molar refractivity (Wildman–Crippen MR) is 99.6 cm³/mol. The van der Waals surface area contributed by atoms with Crippen molar-refractivity contribution in [2.45, 2.75) is 26.2 Å². The molecule has 1 aliphatic rings. The van der Waals surface area contributed by atoms with Gasteiger partial charge in [0, 0.05) is 29.9 Å². The van der Waals surface area contributed by atoms with Gasteiger partial charge in [0.25, 0.3) is 5.91 Å². The van der Waals surface area contributed by atoms with Crippen molar-refractivity contribution in [2.24, 2.45) is 11.1 Å². The van der Waals surface area contributed by atoms with Crippen molar-refractivity contribution in [1.29, 1.82) is 0 Å². The SMILES string of the molecule is Cc1ocnc1C(=O)N1CCC[C@](COc2cccc(Cl)c2)(CC(N)=O)C1. The molecule has 0 unspecified atom stereocenters. The molecule has 0 spiro atoms. The van der Waals surface area contributed by atoms with Crippen molar-refractivity contribution in [1.82, 2.24) is 9.88 Å². The number of carbonyl (C=O) groups is 2. The van der Waals surface area contributed by atoms with Gasteiger partial charge in [0.1, 0.15) is 11.5 Å². The Morgan fingerprint density at radius 1 is 1.44 bits per heavy atom. The zero-order chi connectivity index (χ0) is 19.4. The molecule has 27 heavy (non-hydrogen) atoms. The van der Waals surface area contributed by atoms with E-state index in [0.29, 0.717) is 35.3 Å². The maximum Gasteiger partial charge on any atom is 0.276 e. The summed E-state index contributed by atoms with van der Waals surface area (Å²) in [6.45, 7) is 2.91. The van der Waals surface area contributed by atoms with E-state index in [1.165, 1.54) is 6.39 Å². The number of nitrogens with two attached hydrogens (primary N) is 1. The van der Waals surface area contributed by atoms with Gasteiger partial charge >= 0.3 is 0 Å². The summed E-state index contributed by atoms with van der Waals surface area (Å²) in [5.41, 5.74) is 5.23. The minimum atomic E-state index is -0.556. The maximum absolute atomic E-state index is 12.8. The Morgan fingerprint density at radius 3 is 2.93 bits per heavy atom. The van der Waals surface area contributed by atoms with Gasteiger partial charge in [-0.1, -0.05) is 17.7 Å². The molecular weight excluding hydrogens is 370 g/mol. The first-order valence-corrected chi connectivity index (χ1v) is 9.12. The van der Waals surface area contributed by atoms with Gasteiger partial charge in [0.2, 0.25) is 5.91 Å². The minimum absolute atomic E-state index is 0.134. The number of aryl methyl sites for hydroxylation is 1. The molecule has 0 aliphatic carbocycles. The number of piperidine rings is 1. The van der Waals surface area contributed by atoms with Crippen molar-refractivity contribution < 1.29 is 18.7 Å². The van der Waals surface area contributed by atoms with Crippen LogP contribution in [0.5, 0.6) is 5.75 Å². The zero-order valence-corrected chi connectivity index (χ0v) is 15.9. The van der Waals surface area contributed by atoms with Crippen LogP contribution in [0.1, 0.15) is 35.5 Å². The third kappa shape index (κ3) is 4.60. The molecule has 0 radical (unpaired) electrons. The highest BCUT2D eigenvalue weighted by Crippen LogP contribution is 2.35. The van der Waals surface area contributed by atoms with Crippen LogP contribution in [-0.4, -0.2) is 41.4 Å². The molecule has 3 rings (SSSR count). The van der Waals surface area contributed by atoms with Crippen LogP contribution >= 0.6 is 11.6 Å². The molecule has 1 aromatic heterocycles. The average Bonchev–Trinajstić information content (AvgIpc) is 3.05. The van der Waals surface area contributed by atoms with Crippen LogP contribution in [0.15, 0.2) is 35.1 Å². The lowest BCUT2D eigenvalue weighted by atomic mass is 9.77.